The van der Waals surface area contributed by atoms with E-state index in [-0.39, 0.29) is 24.8 Å². The topological polar surface area (TPSA) is 59.1 Å². The van der Waals surface area contributed by atoms with Crippen molar-refractivity contribution in [3.63, 3.8) is 0 Å². The zero-order chi connectivity index (χ0) is 16.1. The van der Waals surface area contributed by atoms with Crippen LogP contribution in [-0.4, -0.2) is 54.3 Å². The van der Waals surface area contributed by atoms with Crippen LogP contribution >= 0.6 is 0 Å². The Balaban J connectivity index is 1.45. The highest BCUT2D eigenvalue weighted by Gasteiger charge is 2.32. The summed E-state index contributed by atoms with van der Waals surface area (Å²) in [5.74, 6) is 0. The summed E-state index contributed by atoms with van der Waals surface area (Å²) in [6.07, 6.45) is 1.92. The smallest absolute Gasteiger partial charge is 0.410 e. The first-order valence-electron chi connectivity index (χ1n) is 8.13. The fourth-order valence-electron chi connectivity index (χ4n) is 3.07. The van der Waals surface area contributed by atoms with Gasteiger partial charge in [0.05, 0.1) is 6.61 Å². The number of hydrogen-bond donors (Lipinski definition) is 0. The Kier molecular flexibility index (Phi) is 5.00. The number of cyclic esters (lactones) is 1. The summed E-state index contributed by atoms with van der Waals surface area (Å²) in [6, 6.07) is 9.81. The molecule has 0 atom stereocenters. The molecular formula is C17H22N2O4. The Morgan fingerprint density at radius 2 is 1.91 bits per heavy atom. The van der Waals surface area contributed by atoms with Crippen molar-refractivity contribution < 1.29 is 19.1 Å². The lowest BCUT2D eigenvalue weighted by Gasteiger charge is -2.39. The summed E-state index contributed by atoms with van der Waals surface area (Å²) < 4.78 is 10.4. The molecule has 124 valence electrons. The standard InChI is InChI=1S/C17H22N2O4/c20-16(23-13-14-5-2-1-3-6-14)18-10-7-15(8-11-18)19-9-4-12-22-17(19)21/h1-3,5-6,15H,4,7-13H2. The first-order valence-corrected chi connectivity index (χ1v) is 8.13. The largest absolute Gasteiger partial charge is 0.449 e. The van der Waals surface area contributed by atoms with Gasteiger partial charge in [-0.05, 0) is 24.8 Å². The molecule has 0 radical (unpaired) electrons. The van der Waals surface area contributed by atoms with E-state index in [1.807, 2.05) is 30.3 Å². The summed E-state index contributed by atoms with van der Waals surface area (Å²) in [4.78, 5) is 27.4. The highest BCUT2D eigenvalue weighted by molar-refractivity contribution is 5.69. The molecule has 2 amide bonds. The van der Waals surface area contributed by atoms with Crippen molar-refractivity contribution >= 4 is 12.2 Å². The maximum atomic E-state index is 12.1. The van der Waals surface area contributed by atoms with Crippen molar-refractivity contribution in [2.75, 3.05) is 26.2 Å². The number of likely N-dealkylation sites (tertiary alicyclic amines) is 1. The van der Waals surface area contributed by atoms with Crippen LogP contribution < -0.4 is 0 Å². The van der Waals surface area contributed by atoms with Crippen LogP contribution in [-0.2, 0) is 16.1 Å². The number of carbonyl (C=O) groups is 2. The monoisotopic (exact) mass is 318 g/mol. The zero-order valence-corrected chi connectivity index (χ0v) is 13.1. The van der Waals surface area contributed by atoms with Crippen molar-refractivity contribution in [3.05, 3.63) is 35.9 Å². The van der Waals surface area contributed by atoms with Crippen molar-refractivity contribution in [1.29, 1.82) is 0 Å². The number of benzene rings is 1. The highest BCUT2D eigenvalue weighted by Crippen LogP contribution is 2.20. The Labute approximate surface area is 136 Å². The zero-order valence-electron chi connectivity index (χ0n) is 13.1. The number of hydrogen-bond acceptors (Lipinski definition) is 4. The van der Waals surface area contributed by atoms with Gasteiger partial charge in [-0.15, -0.1) is 0 Å². The van der Waals surface area contributed by atoms with Gasteiger partial charge in [-0.1, -0.05) is 30.3 Å². The molecule has 0 unspecified atom stereocenters. The maximum Gasteiger partial charge on any atom is 0.410 e. The molecule has 0 aliphatic carbocycles. The average Bonchev–Trinajstić information content (AvgIpc) is 2.61. The minimum absolute atomic E-state index is 0.168. The summed E-state index contributed by atoms with van der Waals surface area (Å²) in [5.41, 5.74) is 0.979. The molecular weight excluding hydrogens is 296 g/mol. The van der Waals surface area contributed by atoms with Crippen LogP contribution in [0.1, 0.15) is 24.8 Å². The molecule has 3 rings (SSSR count). The summed E-state index contributed by atoms with van der Waals surface area (Å²) in [7, 11) is 0. The van der Waals surface area contributed by atoms with E-state index < -0.39 is 0 Å². The molecule has 6 heteroatoms. The molecule has 0 aromatic heterocycles. The average molecular weight is 318 g/mol. The molecule has 2 heterocycles. The van der Waals surface area contributed by atoms with E-state index in [1.165, 1.54) is 0 Å². The third-order valence-electron chi connectivity index (χ3n) is 4.37. The molecule has 0 saturated carbocycles. The van der Waals surface area contributed by atoms with E-state index >= 15 is 0 Å². The van der Waals surface area contributed by atoms with Crippen LogP contribution in [0.3, 0.4) is 0 Å². The number of rotatable bonds is 3. The van der Waals surface area contributed by atoms with Crippen LogP contribution in [0, 0.1) is 0 Å². The van der Waals surface area contributed by atoms with E-state index in [2.05, 4.69) is 0 Å². The van der Waals surface area contributed by atoms with Crippen molar-refractivity contribution in [2.24, 2.45) is 0 Å². The number of nitrogens with zero attached hydrogens (tertiary/aromatic N) is 2. The molecule has 0 bridgehead atoms. The van der Waals surface area contributed by atoms with Gasteiger partial charge in [0.1, 0.15) is 6.61 Å². The Morgan fingerprint density at radius 3 is 2.61 bits per heavy atom. The van der Waals surface area contributed by atoms with E-state index in [0.717, 1.165) is 31.4 Å². The van der Waals surface area contributed by atoms with Crippen LogP contribution in [0.25, 0.3) is 0 Å². The lowest BCUT2D eigenvalue weighted by atomic mass is 10.0. The second-order valence-electron chi connectivity index (χ2n) is 5.92. The van der Waals surface area contributed by atoms with Gasteiger partial charge < -0.3 is 19.3 Å². The maximum absolute atomic E-state index is 12.1. The normalized spacial score (nSPS) is 19.4. The second-order valence-corrected chi connectivity index (χ2v) is 5.92. The number of piperidine rings is 1. The minimum Gasteiger partial charge on any atom is -0.449 e. The first kappa shape index (κ1) is 15.6. The third kappa shape index (κ3) is 3.94. The number of carbonyl (C=O) groups excluding carboxylic acids is 2. The fourth-order valence-corrected chi connectivity index (χ4v) is 3.07. The Bertz CT molecular complexity index is 541. The van der Waals surface area contributed by atoms with Gasteiger partial charge in [-0.3, -0.25) is 0 Å². The van der Waals surface area contributed by atoms with Gasteiger partial charge in [0.2, 0.25) is 0 Å². The summed E-state index contributed by atoms with van der Waals surface area (Å²) in [6.45, 7) is 2.78. The lowest BCUT2D eigenvalue weighted by Crippen LogP contribution is -2.51. The highest BCUT2D eigenvalue weighted by atomic mass is 16.6. The van der Waals surface area contributed by atoms with E-state index in [9.17, 15) is 9.59 Å². The lowest BCUT2D eigenvalue weighted by molar-refractivity contribution is 0.0340. The molecule has 2 saturated heterocycles. The second kappa shape index (κ2) is 7.35. The van der Waals surface area contributed by atoms with Gasteiger partial charge in [-0.2, -0.15) is 0 Å². The first-order chi connectivity index (χ1) is 11.2. The van der Waals surface area contributed by atoms with E-state index in [0.29, 0.717) is 19.7 Å². The van der Waals surface area contributed by atoms with Crippen LogP contribution in [0.4, 0.5) is 9.59 Å². The molecule has 1 aromatic carbocycles. The van der Waals surface area contributed by atoms with Crippen molar-refractivity contribution in [1.82, 2.24) is 9.80 Å². The molecule has 0 N–H and O–H groups in total. The van der Waals surface area contributed by atoms with Gasteiger partial charge in [0.25, 0.3) is 0 Å². The van der Waals surface area contributed by atoms with Crippen LogP contribution in [0.15, 0.2) is 30.3 Å². The van der Waals surface area contributed by atoms with Crippen LogP contribution in [0.5, 0.6) is 0 Å². The summed E-state index contributed by atoms with van der Waals surface area (Å²) >= 11 is 0. The molecule has 6 nitrogen and oxygen atoms in total. The summed E-state index contributed by atoms with van der Waals surface area (Å²) in [5, 5.41) is 0. The molecule has 2 aliphatic heterocycles. The molecule has 2 aliphatic rings. The van der Waals surface area contributed by atoms with E-state index in [4.69, 9.17) is 9.47 Å². The van der Waals surface area contributed by atoms with Crippen molar-refractivity contribution in [3.8, 4) is 0 Å². The third-order valence-corrected chi connectivity index (χ3v) is 4.37. The quantitative estimate of drug-likeness (QED) is 0.859. The van der Waals surface area contributed by atoms with Gasteiger partial charge >= 0.3 is 12.2 Å². The molecule has 23 heavy (non-hydrogen) atoms. The fraction of sp³-hybridized carbons (Fsp3) is 0.529. The SMILES string of the molecule is O=C(OCc1ccccc1)N1CCC(N2CCCOC2=O)CC1. The number of ether oxygens (including phenoxy) is 2. The predicted molar refractivity (Wildman–Crippen MR) is 83.9 cm³/mol. The molecule has 0 spiro atoms. The van der Waals surface area contributed by atoms with Gasteiger partial charge in [0, 0.05) is 25.7 Å². The van der Waals surface area contributed by atoms with E-state index in [1.54, 1.807) is 9.80 Å². The molecule has 1 aromatic rings. The molecule has 2 fully saturated rings. The Hall–Kier alpha value is -2.24. The Morgan fingerprint density at radius 1 is 1.17 bits per heavy atom. The number of amides is 2. The van der Waals surface area contributed by atoms with Gasteiger partial charge in [-0.25, -0.2) is 9.59 Å². The predicted octanol–water partition coefficient (Wildman–Crippen LogP) is 2.63. The van der Waals surface area contributed by atoms with Crippen LogP contribution in [0.2, 0.25) is 0 Å². The van der Waals surface area contributed by atoms with Gasteiger partial charge in [0.15, 0.2) is 0 Å². The van der Waals surface area contributed by atoms with Crippen molar-refractivity contribution in [2.45, 2.75) is 31.9 Å². The minimum atomic E-state index is -0.284.